The van der Waals surface area contributed by atoms with Gasteiger partial charge in [-0.25, -0.2) is 4.98 Å². The molecule has 7 nitrogen and oxygen atoms in total. The van der Waals surface area contributed by atoms with E-state index in [1.807, 2.05) is 24.4 Å². The molecule has 34 heavy (non-hydrogen) atoms. The van der Waals surface area contributed by atoms with Gasteiger partial charge in [-0.05, 0) is 42.9 Å². The summed E-state index contributed by atoms with van der Waals surface area (Å²) >= 11 is 0. The van der Waals surface area contributed by atoms with Crippen molar-refractivity contribution in [3.8, 4) is 0 Å². The summed E-state index contributed by atoms with van der Waals surface area (Å²) in [6, 6.07) is 18.7. The van der Waals surface area contributed by atoms with Gasteiger partial charge in [0.2, 0.25) is 0 Å². The summed E-state index contributed by atoms with van der Waals surface area (Å²) in [4.78, 5) is 9.81. The number of fused-ring (bicyclic) bond motifs is 1. The fraction of sp³-hybridized carbons (Fsp3) is 0.423. The minimum Gasteiger partial charge on any atom is -0.361 e. The summed E-state index contributed by atoms with van der Waals surface area (Å²) in [6.45, 7) is 2.76. The molecule has 8 heteroatoms. The molecular weight excluding hydrogens is 446 g/mol. The number of H-pyrrole nitrogens is 1. The van der Waals surface area contributed by atoms with E-state index in [1.165, 1.54) is 5.56 Å². The van der Waals surface area contributed by atoms with Gasteiger partial charge in [0.15, 0.2) is 0 Å². The Balaban J connectivity index is 1.49. The zero-order valence-electron chi connectivity index (χ0n) is 19.5. The Morgan fingerprint density at radius 2 is 1.71 bits per heavy atom. The van der Waals surface area contributed by atoms with E-state index in [4.69, 9.17) is 0 Å². The average Bonchev–Trinajstić information content (AvgIpc) is 3.33. The molecule has 1 aromatic heterocycles. The highest BCUT2D eigenvalue weighted by Crippen LogP contribution is 2.33. The second-order valence-electron chi connectivity index (χ2n) is 9.27. The van der Waals surface area contributed by atoms with Crippen LogP contribution in [0.4, 0.5) is 5.69 Å². The van der Waals surface area contributed by atoms with E-state index in [0.29, 0.717) is 32.7 Å². The maximum absolute atomic E-state index is 13.8. The molecule has 2 aliphatic heterocycles. The van der Waals surface area contributed by atoms with Crippen molar-refractivity contribution in [2.24, 2.45) is 0 Å². The van der Waals surface area contributed by atoms with Gasteiger partial charge in [0.05, 0.1) is 18.6 Å². The fourth-order valence-corrected chi connectivity index (χ4v) is 6.85. The fourth-order valence-electron chi connectivity index (χ4n) is 5.14. The lowest BCUT2D eigenvalue weighted by Crippen LogP contribution is -2.49. The molecule has 0 saturated carbocycles. The van der Waals surface area contributed by atoms with Crippen LogP contribution in [-0.4, -0.2) is 52.7 Å². The number of rotatable bonds is 7. The Morgan fingerprint density at radius 3 is 2.47 bits per heavy atom. The average molecular weight is 480 g/mol. The maximum atomic E-state index is 13.8. The molecule has 0 amide bonds. The van der Waals surface area contributed by atoms with Crippen LogP contribution >= 0.6 is 0 Å². The number of hydrogen-bond donors (Lipinski definition) is 1. The topological polar surface area (TPSA) is 72.5 Å². The SMILES string of the molecule is O=S(=O)(N1CCCCC1)N1Cc2ccccc2N(Cc2cnc[nH]2)[C@@H](CCc2ccccc2)C1. The van der Waals surface area contributed by atoms with Crippen LogP contribution in [-0.2, 0) is 29.7 Å². The van der Waals surface area contributed by atoms with Gasteiger partial charge in [-0.1, -0.05) is 55.0 Å². The van der Waals surface area contributed by atoms with E-state index in [-0.39, 0.29) is 6.04 Å². The van der Waals surface area contributed by atoms with Gasteiger partial charge >= 0.3 is 0 Å². The van der Waals surface area contributed by atoms with Gasteiger partial charge < -0.3 is 9.88 Å². The molecule has 2 aromatic carbocycles. The summed E-state index contributed by atoms with van der Waals surface area (Å²) in [5.41, 5.74) is 4.44. The van der Waals surface area contributed by atoms with Gasteiger partial charge in [0.25, 0.3) is 10.2 Å². The highest BCUT2D eigenvalue weighted by Gasteiger charge is 2.37. The second kappa shape index (κ2) is 10.3. The molecule has 2 aliphatic rings. The normalized spacial score (nSPS) is 20.1. The third kappa shape index (κ3) is 5.04. The zero-order chi connectivity index (χ0) is 23.4. The molecule has 5 rings (SSSR count). The van der Waals surface area contributed by atoms with Crippen LogP contribution in [0.25, 0.3) is 0 Å². The molecule has 0 radical (unpaired) electrons. The van der Waals surface area contributed by atoms with E-state index in [2.05, 4.69) is 51.3 Å². The third-order valence-electron chi connectivity index (χ3n) is 6.98. The van der Waals surface area contributed by atoms with E-state index in [1.54, 1.807) is 14.9 Å². The maximum Gasteiger partial charge on any atom is 0.282 e. The number of benzene rings is 2. The number of aromatic amines is 1. The lowest BCUT2D eigenvalue weighted by Gasteiger charge is -2.36. The highest BCUT2D eigenvalue weighted by atomic mass is 32.2. The van der Waals surface area contributed by atoms with E-state index in [9.17, 15) is 8.42 Å². The smallest absolute Gasteiger partial charge is 0.282 e. The summed E-state index contributed by atoms with van der Waals surface area (Å²) in [5, 5.41) is 0. The number of imidazole rings is 1. The van der Waals surface area contributed by atoms with Gasteiger partial charge in [-0.15, -0.1) is 0 Å². The predicted octanol–water partition coefficient (Wildman–Crippen LogP) is 3.96. The first-order valence-corrected chi connectivity index (χ1v) is 13.6. The number of nitrogens with one attached hydrogen (secondary N) is 1. The first-order valence-electron chi connectivity index (χ1n) is 12.2. The van der Waals surface area contributed by atoms with Crippen LogP contribution < -0.4 is 4.90 Å². The number of hydrogen-bond acceptors (Lipinski definition) is 4. The van der Waals surface area contributed by atoms with Crippen molar-refractivity contribution >= 4 is 15.9 Å². The first kappa shape index (κ1) is 23.1. The van der Waals surface area contributed by atoms with Crippen LogP contribution in [0, 0.1) is 0 Å². The van der Waals surface area contributed by atoms with Crippen LogP contribution in [0.3, 0.4) is 0 Å². The molecule has 1 fully saturated rings. The number of piperidine rings is 1. The van der Waals surface area contributed by atoms with E-state index < -0.39 is 10.2 Å². The molecule has 0 bridgehead atoms. The number of anilines is 1. The standard InChI is InChI=1S/C26H33N5O2S/c32-34(33,29-15-7-2-8-16-29)30-18-23-11-5-6-12-26(23)31(19-24-17-27-21-28-24)25(20-30)14-13-22-9-3-1-4-10-22/h1,3-6,9-12,17,21,25H,2,7-8,13-16,18-20H2,(H,27,28)/t25-/m0/s1. The third-order valence-corrected chi connectivity index (χ3v) is 8.92. The molecule has 0 unspecified atom stereocenters. The minimum absolute atomic E-state index is 0.0340. The van der Waals surface area contributed by atoms with Gasteiger partial charge in [-0.2, -0.15) is 17.0 Å². The molecule has 3 aromatic rings. The van der Waals surface area contributed by atoms with Crippen LogP contribution in [0.2, 0.25) is 0 Å². The molecule has 0 aliphatic carbocycles. The van der Waals surface area contributed by atoms with Gasteiger partial charge in [0.1, 0.15) is 0 Å². The number of nitrogens with zero attached hydrogens (tertiary/aromatic N) is 4. The Labute approximate surface area is 202 Å². The van der Waals surface area contributed by atoms with Crippen molar-refractivity contribution < 1.29 is 8.42 Å². The van der Waals surface area contributed by atoms with Crippen molar-refractivity contribution in [3.05, 3.63) is 83.9 Å². The monoisotopic (exact) mass is 479 g/mol. The molecule has 1 atom stereocenters. The minimum atomic E-state index is -3.53. The molecule has 1 N–H and O–H groups in total. The Morgan fingerprint density at radius 1 is 0.941 bits per heavy atom. The molecule has 1 saturated heterocycles. The molecule has 180 valence electrons. The summed E-state index contributed by atoms with van der Waals surface area (Å²) in [6.07, 6.45) is 8.28. The van der Waals surface area contributed by atoms with E-state index >= 15 is 0 Å². The molecule has 0 spiro atoms. The number of aromatic nitrogens is 2. The number of aryl methyl sites for hydroxylation is 1. The van der Waals surface area contributed by atoms with Crippen LogP contribution in [0.1, 0.15) is 42.5 Å². The number of para-hydroxylation sites is 1. The summed E-state index contributed by atoms with van der Waals surface area (Å²) in [7, 11) is -3.53. The van der Waals surface area contributed by atoms with Crippen molar-refractivity contribution in [2.45, 2.75) is 51.2 Å². The summed E-state index contributed by atoms with van der Waals surface area (Å²) < 4.78 is 30.9. The molecular formula is C26H33N5O2S. The second-order valence-corrected chi connectivity index (χ2v) is 11.2. The van der Waals surface area contributed by atoms with Crippen molar-refractivity contribution in [2.75, 3.05) is 24.5 Å². The Kier molecular flexibility index (Phi) is 6.99. The lowest BCUT2D eigenvalue weighted by molar-refractivity contribution is 0.291. The predicted molar refractivity (Wildman–Crippen MR) is 135 cm³/mol. The lowest BCUT2D eigenvalue weighted by atomic mass is 10.0. The Hall–Kier alpha value is -2.68. The summed E-state index contributed by atoms with van der Waals surface area (Å²) in [5.74, 6) is 0. The van der Waals surface area contributed by atoms with Crippen molar-refractivity contribution in [1.82, 2.24) is 18.6 Å². The van der Waals surface area contributed by atoms with Crippen LogP contribution in [0.5, 0.6) is 0 Å². The van der Waals surface area contributed by atoms with Crippen molar-refractivity contribution in [3.63, 3.8) is 0 Å². The largest absolute Gasteiger partial charge is 0.361 e. The van der Waals surface area contributed by atoms with Gasteiger partial charge in [0, 0.05) is 44.1 Å². The highest BCUT2D eigenvalue weighted by molar-refractivity contribution is 7.86. The quantitative estimate of drug-likeness (QED) is 0.557. The van der Waals surface area contributed by atoms with Gasteiger partial charge in [-0.3, -0.25) is 0 Å². The van der Waals surface area contributed by atoms with Crippen molar-refractivity contribution in [1.29, 1.82) is 0 Å². The first-order chi connectivity index (χ1) is 16.6. The molecule has 3 heterocycles. The zero-order valence-corrected chi connectivity index (χ0v) is 20.3. The van der Waals surface area contributed by atoms with E-state index in [0.717, 1.165) is 49.0 Å². The Bertz CT molecular complexity index is 1160. The van der Waals surface area contributed by atoms with Crippen LogP contribution in [0.15, 0.2) is 67.1 Å².